The van der Waals surface area contributed by atoms with Crippen molar-refractivity contribution in [3.05, 3.63) is 12.4 Å². The number of imidazole rings is 1. The summed E-state index contributed by atoms with van der Waals surface area (Å²) >= 11 is 2.04. The van der Waals surface area contributed by atoms with Crippen LogP contribution in [-0.2, 0) is 4.74 Å². The van der Waals surface area contributed by atoms with Gasteiger partial charge in [0, 0.05) is 25.5 Å². The molecule has 0 spiro atoms. The molecule has 17 heavy (non-hydrogen) atoms. The average molecular weight is 255 g/mol. The average Bonchev–Trinajstić information content (AvgIpc) is 2.79. The van der Waals surface area contributed by atoms with Gasteiger partial charge < -0.3 is 14.6 Å². The van der Waals surface area contributed by atoms with Crippen LogP contribution in [0.3, 0.4) is 0 Å². The minimum absolute atomic E-state index is 0.322. The van der Waals surface area contributed by atoms with Crippen molar-refractivity contribution in [1.29, 1.82) is 0 Å². The third-order valence-electron chi connectivity index (χ3n) is 3.11. The van der Waals surface area contributed by atoms with Crippen LogP contribution in [0.25, 0.3) is 0 Å². The zero-order valence-corrected chi connectivity index (χ0v) is 11.4. The molecule has 0 amide bonds. The molecule has 1 aliphatic rings. The molecule has 1 unspecified atom stereocenters. The fraction of sp³-hybridized carbons (Fsp3) is 0.750. The maximum atomic E-state index is 5.19. The van der Waals surface area contributed by atoms with E-state index in [1.165, 1.54) is 24.3 Å². The minimum Gasteiger partial charge on any atom is -0.383 e. The van der Waals surface area contributed by atoms with Crippen LogP contribution in [0.15, 0.2) is 12.4 Å². The molecule has 0 radical (unpaired) electrons. The van der Waals surface area contributed by atoms with Crippen LogP contribution in [0.2, 0.25) is 0 Å². The molecular formula is C12H21N3OS. The number of rotatable bonds is 5. The number of aromatic nitrogens is 2. The predicted molar refractivity (Wildman–Crippen MR) is 72.8 cm³/mol. The van der Waals surface area contributed by atoms with E-state index >= 15 is 0 Å². The van der Waals surface area contributed by atoms with E-state index in [4.69, 9.17) is 4.74 Å². The summed E-state index contributed by atoms with van der Waals surface area (Å²) in [6, 6.07) is 0.898. The first-order valence-electron chi connectivity index (χ1n) is 6.17. The fourth-order valence-electron chi connectivity index (χ4n) is 2.13. The van der Waals surface area contributed by atoms with Gasteiger partial charge in [-0.2, -0.15) is 11.8 Å². The molecule has 1 saturated heterocycles. The largest absolute Gasteiger partial charge is 0.383 e. The molecule has 0 aliphatic carbocycles. The van der Waals surface area contributed by atoms with Crippen molar-refractivity contribution in [2.24, 2.45) is 0 Å². The number of ether oxygens (including phenoxy) is 1. The maximum Gasteiger partial charge on any atom is 0.203 e. The third-order valence-corrected chi connectivity index (χ3v) is 4.15. The van der Waals surface area contributed by atoms with Crippen molar-refractivity contribution in [2.45, 2.75) is 31.8 Å². The number of nitrogens with zero attached hydrogens (tertiary/aromatic N) is 2. The SMILES string of the molecule is COCC(C)n1ccnc1NC1CCSCC1. The molecule has 4 nitrogen and oxygen atoms in total. The van der Waals surface area contributed by atoms with E-state index in [9.17, 15) is 0 Å². The molecule has 1 aromatic rings. The summed E-state index contributed by atoms with van der Waals surface area (Å²) < 4.78 is 7.35. The molecule has 1 aromatic heterocycles. The molecule has 5 heteroatoms. The lowest BCUT2D eigenvalue weighted by Gasteiger charge is -2.24. The van der Waals surface area contributed by atoms with Gasteiger partial charge in [0.05, 0.1) is 12.6 Å². The van der Waals surface area contributed by atoms with E-state index in [2.05, 4.69) is 21.8 Å². The lowest BCUT2D eigenvalue weighted by Crippen LogP contribution is -2.27. The summed E-state index contributed by atoms with van der Waals surface area (Å²) in [4.78, 5) is 4.40. The van der Waals surface area contributed by atoms with Crippen molar-refractivity contribution in [3.63, 3.8) is 0 Å². The standard InChI is InChI=1S/C12H21N3OS/c1-10(9-16-2)15-6-5-13-12(15)14-11-3-7-17-8-4-11/h5-6,10-11H,3-4,7-9H2,1-2H3,(H,13,14). The molecule has 96 valence electrons. The van der Waals surface area contributed by atoms with Gasteiger partial charge in [0.2, 0.25) is 5.95 Å². The number of thioether (sulfide) groups is 1. The number of hydrogen-bond acceptors (Lipinski definition) is 4. The van der Waals surface area contributed by atoms with Gasteiger partial charge in [-0.3, -0.25) is 0 Å². The van der Waals surface area contributed by atoms with Crippen LogP contribution < -0.4 is 5.32 Å². The number of anilines is 1. The topological polar surface area (TPSA) is 39.1 Å². The van der Waals surface area contributed by atoms with E-state index in [1.54, 1.807) is 7.11 Å². The highest BCUT2D eigenvalue weighted by atomic mass is 32.2. The van der Waals surface area contributed by atoms with Gasteiger partial charge in [-0.05, 0) is 31.3 Å². The summed E-state index contributed by atoms with van der Waals surface area (Å²) in [5.74, 6) is 3.49. The van der Waals surface area contributed by atoms with Gasteiger partial charge in [0.25, 0.3) is 0 Å². The smallest absolute Gasteiger partial charge is 0.203 e. The first-order chi connectivity index (χ1) is 8.31. The molecular weight excluding hydrogens is 234 g/mol. The van der Waals surface area contributed by atoms with Crippen LogP contribution in [-0.4, -0.2) is 40.8 Å². The quantitative estimate of drug-likeness (QED) is 0.877. The van der Waals surface area contributed by atoms with Crippen LogP contribution >= 0.6 is 11.8 Å². The van der Waals surface area contributed by atoms with Crippen LogP contribution in [0, 0.1) is 0 Å². The Hall–Kier alpha value is -0.680. The van der Waals surface area contributed by atoms with E-state index in [0.29, 0.717) is 18.7 Å². The maximum absolute atomic E-state index is 5.19. The number of nitrogens with one attached hydrogen (secondary N) is 1. The summed E-state index contributed by atoms with van der Waals surface area (Å²) in [7, 11) is 1.74. The summed E-state index contributed by atoms with van der Waals surface area (Å²) in [6.07, 6.45) is 6.34. The highest BCUT2D eigenvalue weighted by Gasteiger charge is 2.16. The Bertz CT molecular complexity index is 336. The normalized spacial score (nSPS) is 19.2. The van der Waals surface area contributed by atoms with E-state index in [1.807, 2.05) is 24.2 Å². The van der Waals surface area contributed by atoms with E-state index in [-0.39, 0.29) is 0 Å². The Morgan fingerprint density at radius 2 is 2.35 bits per heavy atom. The van der Waals surface area contributed by atoms with Gasteiger partial charge >= 0.3 is 0 Å². The second-order valence-corrected chi connectivity index (χ2v) is 5.72. The van der Waals surface area contributed by atoms with Crippen molar-refractivity contribution >= 4 is 17.7 Å². The van der Waals surface area contributed by atoms with E-state index < -0.39 is 0 Å². The summed E-state index contributed by atoms with van der Waals surface area (Å²) in [5, 5.41) is 3.55. The van der Waals surface area contributed by atoms with Crippen molar-refractivity contribution in [1.82, 2.24) is 9.55 Å². The van der Waals surface area contributed by atoms with Crippen molar-refractivity contribution in [3.8, 4) is 0 Å². The zero-order valence-electron chi connectivity index (χ0n) is 10.6. The Kier molecular flexibility index (Phi) is 4.74. The van der Waals surface area contributed by atoms with E-state index in [0.717, 1.165) is 5.95 Å². The zero-order chi connectivity index (χ0) is 12.1. The highest BCUT2D eigenvalue weighted by molar-refractivity contribution is 7.99. The highest BCUT2D eigenvalue weighted by Crippen LogP contribution is 2.21. The number of methoxy groups -OCH3 is 1. The predicted octanol–water partition coefficient (Wildman–Crippen LogP) is 2.40. The molecule has 1 atom stereocenters. The number of hydrogen-bond donors (Lipinski definition) is 1. The molecule has 0 saturated carbocycles. The minimum atomic E-state index is 0.322. The molecule has 0 aromatic carbocycles. The second kappa shape index (κ2) is 6.31. The second-order valence-electron chi connectivity index (χ2n) is 4.49. The fourth-order valence-corrected chi connectivity index (χ4v) is 3.23. The summed E-state index contributed by atoms with van der Waals surface area (Å²) in [5.41, 5.74) is 0. The Morgan fingerprint density at radius 3 is 3.06 bits per heavy atom. The van der Waals surface area contributed by atoms with Gasteiger partial charge in [0.15, 0.2) is 0 Å². The first-order valence-corrected chi connectivity index (χ1v) is 7.32. The molecule has 2 rings (SSSR count). The molecule has 1 fully saturated rings. The Morgan fingerprint density at radius 1 is 1.59 bits per heavy atom. The molecule has 1 aliphatic heterocycles. The van der Waals surface area contributed by atoms with Crippen molar-refractivity contribution in [2.75, 3.05) is 30.5 Å². The van der Waals surface area contributed by atoms with Gasteiger partial charge in [0.1, 0.15) is 0 Å². The van der Waals surface area contributed by atoms with Gasteiger partial charge in [-0.25, -0.2) is 4.98 Å². The van der Waals surface area contributed by atoms with Crippen LogP contribution in [0.5, 0.6) is 0 Å². The monoisotopic (exact) mass is 255 g/mol. The molecule has 2 heterocycles. The third kappa shape index (κ3) is 3.39. The van der Waals surface area contributed by atoms with Gasteiger partial charge in [-0.1, -0.05) is 0 Å². The van der Waals surface area contributed by atoms with Crippen LogP contribution in [0.1, 0.15) is 25.8 Å². The lowest BCUT2D eigenvalue weighted by molar-refractivity contribution is 0.163. The Labute approximate surface area is 107 Å². The molecule has 1 N–H and O–H groups in total. The lowest BCUT2D eigenvalue weighted by atomic mass is 10.2. The first kappa shape index (κ1) is 12.8. The Balaban J connectivity index is 1.97. The molecule has 0 bridgehead atoms. The van der Waals surface area contributed by atoms with Crippen LogP contribution in [0.4, 0.5) is 5.95 Å². The summed E-state index contributed by atoms with van der Waals surface area (Å²) in [6.45, 7) is 2.86. The van der Waals surface area contributed by atoms with Gasteiger partial charge in [-0.15, -0.1) is 0 Å². The van der Waals surface area contributed by atoms with Crippen molar-refractivity contribution < 1.29 is 4.74 Å².